The lowest BCUT2D eigenvalue weighted by Crippen LogP contribution is -2.06. The molecule has 0 heterocycles. The molecule has 0 aliphatic rings. The second-order valence-corrected chi connectivity index (χ2v) is 3.83. The van der Waals surface area contributed by atoms with E-state index in [9.17, 15) is 13.0 Å². The fourth-order valence-corrected chi connectivity index (χ4v) is 0. The van der Waals surface area contributed by atoms with Gasteiger partial charge in [0.25, 0.3) is 0 Å². The van der Waals surface area contributed by atoms with E-state index in [0.717, 1.165) is 6.26 Å². The second-order valence-electron chi connectivity index (χ2n) is 1.33. The first-order valence-electron chi connectivity index (χ1n) is 2.54. The Morgan fingerprint density at radius 3 is 1.56 bits per heavy atom. The van der Waals surface area contributed by atoms with Crippen LogP contribution in [0, 0.1) is 0 Å². The van der Waals surface area contributed by atoms with E-state index >= 15 is 0 Å². The van der Waals surface area contributed by atoms with E-state index < -0.39 is 15.3 Å². The molecular weight excluding hydrogens is 146 g/mol. The molecule has 4 heteroatoms. The van der Waals surface area contributed by atoms with Gasteiger partial charge in [-0.05, 0) is 5.87 Å². The molecule has 0 N–H and O–H groups in total. The fraction of sp³-hybridized carbons (Fsp3) is 0.800. The smallest absolute Gasteiger partial charge is 0.263 e. The van der Waals surface area contributed by atoms with Crippen LogP contribution in [-0.4, -0.2) is 22.1 Å². The third-order valence-corrected chi connectivity index (χ3v) is 1.13. The Balaban J connectivity index is 0. The van der Waals surface area contributed by atoms with E-state index in [0.29, 0.717) is 0 Å². The van der Waals surface area contributed by atoms with E-state index in [1.54, 1.807) is 0 Å². The minimum atomic E-state index is -3.07. The van der Waals surface area contributed by atoms with Crippen LogP contribution < -0.4 is 0 Å². The Morgan fingerprint density at radius 2 is 1.56 bits per heavy atom. The van der Waals surface area contributed by atoms with Crippen molar-refractivity contribution in [1.82, 2.24) is 0 Å². The number of rotatable bonds is 1. The molecule has 0 aliphatic heterocycles. The highest BCUT2D eigenvalue weighted by molar-refractivity contribution is 7.99. The zero-order chi connectivity index (χ0) is 8.08. The van der Waals surface area contributed by atoms with Crippen LogP contribution in [0.25, 0.3) is 0 Å². The van der Waals surface area contributed by atoms with E-state index in [4.69, 9.17) is 0 Å². The molecule has 0 radical (unpaired) electrons. The number of alkyl halides is 2. The van der Waals surface area contributed by atoms with Gasteiger partial charge >= 0.3 is 5.76 Å². The Morgan fingerprint density at radius 1 is 1.44 bits per heavy atom. The summed E-state index contributed by atoms with van der Waals surface area (Å²) in [6.45, 7) is 4.00. The summed E-state index contributed by atoms with van der Waals surface area (Å²) in [6, 6.07) is 0. The van der Waals surface area contributed by atoms with Crippen molar-refractivity contribution < 1.29 is 13.0 Å². The predicted octanol–water partition coefficient (Wildman–Crippen LogP) is 1.58. The van der Waals surface area contributed by atoms with Crippen LogP contribution in [0.5, 0.6) is 0 Å². The number of hydrogen-bond donors (Lipinski definition) is 0. The predicted molar refractivity (Wildman–Crippen MR) is 38.5 cm³/mol. The Bertz CT molecular complexity index is 137. The first kappa shape index (κ1) is 11.6. The van der Waals surface area contributed by atoms with E-state index in [1.165, 1.54) is 0 Å². The first-order chi connectivity index (χ1) is 3.94. The molecule has 0 aliphatic carbocycles. The highest BCUT2D eigenvalue weighted by Gasteiger charge is 2.08. The van der Waals surface area contributed by atoms with Crippen molar-refractivity contribution in [1.29, 1.82) is 0 Å². The summed E-state index contributed by atoms with van der Waals surface area (Å²) < 4.78 is 32.4. The number of hydrogen-bond acceptors (Lipinski definition) is 1. The van der Waals surface area contributed by atoms with Crippen LogP contribution in [0.4, 0.5) is 8.78 Å². The van der Waals surface area contributed by atoms with Gasteiger partial charge in [-0.3, -0.25) is 4.21 Å². The molecule has 1 atom stereocenters. The minimum absolute atomic E-state index is 0.928. The normalized spacial score (nSPS) is 15.8. The molecule has 1 unspecified atom stereocenters. The van der Waals surface area contributed by atoms with E-state index in [2.05, 4.69) is 5.87 Å². The first-order valence-corrected chi connectivity index (χ1v) is 4.73. The third-order valence-electron chi connectivity index (χ3n) is 0.377. The van der Waals surface area contributed by atoms with Gasteiger partial charge in [0.1, 0.15) is 0 Å². The molecule has 0 rings (SSSR count). The van der Waals surface area contributed by atoms with Gasteiger partial charge in [0.2, 0.25) is 0 Å². The van der Waals surface area contributed by atoms with Crippen LogP contribution >= 0.6 is 0 Å². The molecule has 0 saturated heterocycles. The van der Waals surface area contributed by atoms with Gasteiger partial charge < -0.3 is 0 Å². The molecule has 58 valence electrons. The molecule has 0 spiro atoms. The van der Waals surface area contributed by atoms with Crippen molar-refractivity contribution in [2.45, 2.75) is 19.6 Å². The van der Waals surface area contributed by atoms with Gasteiger partial charge in [0.15, 0.2) is 0 Å². The van der Waals surface area contributed by atoms with Gasteiger partial charge in [-0.1, -0.05) is 13.8 Å². The van der Waals surface area contributed by atoms with Crippen LogP contribution in [0.2, 0.25) is 0 Å². The standard InChI is InChI=1S/C3H6F2OS.C2H6/c1-7(2,6)3(4)5;1-2/h3H,1H2,2H3;1-2H3. The average molecular weight is 158 g/mol. The fourth-order valence-electron chi connectivity index (χ4n) is 0. The molecule has 0 aromatic heterocycles. The molecule has 0 aromatic rings. The number of halogens is 2. The maximum Gasteiger partial charge on any atom is 0.304 e. The summed E-state index contributed by atoms with van der Waals surface area (Å²) in [5, 5.41) is 0. The van der Waals surface area contributed by atoms with Crippen LogP contribution in [-0.2, 0) is 9.52 Å². The lowest BCUT2D eigenvalue weighted by molar-refractivity contribution is 0.244. The molecular formula is C5H12F2OS. The summed E-state index contributed by atoms with van der Waals surface area (Å²) in [5.41, 5.74) is 0. The molecule has 0 fully saturated rings. The maximum absolute atomic E-state index is 11.2. The minimum Gasteiger partial charge on any atom is -0.263 e. The van der Waals surface area contributed by atoms with Crippen molar-refractivity contribution in [3.05, 3.63) is 0 Å². The van der Waals surface area contributed by atoms with Gasteiger partial charge in [-0.25, -0.2) is 0 Å². The largest absolute Gasteiger partial charge is 0.304 e. The summed E-state index contributed by atoms with van der Waals surface area (Å²) >= 11 is 0. The summed E-state index contributed by atoms with van der Waals surface area (Å²) in [7, 11) is -3.07. The van der Waals surface area contributed by atoms with Crippen molar-refractivity contribution in [3.63, 3.8) is 0 Å². The van der Waals surface area contributed by atoms with Crippen molar-refractivity contribution >= 4 is 15.4 Å². The summed E-state index contributed by atoms with van der Waals surface area (Å²) in [4.78, 5) is 0. The Hall–Kier alpha value is -0.120. The molecule has 9 heavy (non-hydrogen) atoms. The Labute approximate surface area is 55.1 Å². The summed E-state index contributed by atoms with van der Waals surface area (Å²) in [6.07, 6.45) is 0.928. The Kier molecular flexibility index (Phi) is 6.12. The van der Waals surface area contributed by atoms with Gasteiger partial charge in [0, 0.05) is 15.8 Å². The van der Waals surface area contributed by atoms with Crippen molar-refractivity contribution in [2.75, 3.05) is 6.26 Å². The topological polar surface area (TPSA) is 17.1 Å². The lowest BCUT2D eigenvalue weighted by Gasteiger charge is -1.95. The molecule has 0 amide bonds. The van der Waals surface area contributed by atoms with Gasteiger partial charge in [-0.2, -0.15) is 8.78 Å². The average Bonchev–Trinajstić information content (AvgIpc) is 1.69. The van der Waals surface area contributed by atoms with E-state index in [-0.39, 0.29) is 0 Å². The van der Waals surface area contributed by atoms with Crippen LogP contribution in [0.15, 0.2) is 0 Å². The molecule has 0 saturated carbocycles. The maximum atomic E-state index is 11.2. The van der Waals surface area contributed by atoms with Crippen molar-refractivity contribution in [2.24, 2.45) is 0 Å². The zero-order valence-electron chi connectivity index (χ0n) is 5.86. The second kappa shape index (κ2) is 4.73. The quantitative estimate of drug-likeness (QED) is 0.529. The summed E-state index contributed by atoms with van der Waals surface area (Å²) in [5.74, 6) is -0.0370. The van der Waals surface area contributed by atoms with Crippen LogP contribution in [0.3, 0.4) is 0 Å². The van der Waals surface area contributed by atoms with Gasteiger partial charge in [0.05, 0.1) is 0 Å². The molecule has 0 bridgehead atoms. The SMILES string of the molecule is C=S(C)(=O)C(F)F.CC. The molecule has 1 nitrogen and oxygen atoms in total. The van der Waals surface area contributed by atoms with Crippen molar-refractivity contribution in [3.8, 4) is 0 Å². The van der Waals surface area contributed by atoms with E-state index in [1.807, 2.05) is 13.8 Å². The highest BCUT2D eigenvalue weighted by Crippen LogP contribution is 1.99. The lowest BCUT2D eigenvalue weighted by atomic mass is 11.0. The van der Waals surface area contributed by atoms with Crippen LogP contribution in [0.1, 0.15) is 13.8 Å². The molecule has 0 aromatic carbocycles. The van der Waals surface area contributed by atoms with Gasteiger partial charge in [-0.15, -0.1) is 0 Å². The highest BCUT2D eigenvalue weighted by atomic mass is 32.2. The zero-order valence-corrected chi connectivity index (χ0v) is 6.67. The monoisotopic (exact) mass is 158 g/mol. The third kappa shape index (κ3) is 7.88.